The fourth-order valence-electron chi connectivity index (χ4n) is 0.329. The first-order valence-electron chi connectivity index (χ1n) is 2.86. The van der Waals surface area contributed by atoms with E-state index in [2.05, 4.69) is 5.32 Å². The Labute approximate surface area is 78.5 Å². The van der Waals surface area contributed by atoms with Gasteiger partial charge in [-0.05, 0) is 20.8 Å². The summed E-state index contributed by atoms with van der Waals surface area (Å²) < 4.78 is 4.84. The van der Waals surface area contributed by atoms with E-state index in [4.69, 9.17) is 4.74 Å². The number of rotatable bonds is 0. The van der Waals surface area contributed by atoms with Crippen LogP contribution in [0.1, 0.15) is 20.8 Å². The Morgan fingerprint density at radius 2 is 1.80 bits per heavy atom. The predicted octanol–water partition coefficient (Wildman–Crippen LogP) is 1.76. The SMILES string of the molecule is CNC(=O)OC(C)(C)C.I. The summed E-state index contributed by atoms with van der Waals surface area (Å²) in [6.45, 7) is 5.46. The van der Waals surface area contributed by atoms with Gasteiger partial charge in [0.2, 0.25) is 0 Å². The van der Waals surface area contributed by atoms with E-state index in [1.54, 1.807) is 0 Å². The van der Waals surface area contributed by atoms with Crippen molar-refractivity contribution in [3.8, 4) is 0 Å². The molecular formula is C6H14INO2. The second-order valence-electron chi connectivity index (χ2n) is 2.75. The third-order valence-electron chi connectivity index (χ3n) is 0.603. The minimum absolute atomic E-state index is 0. The molecule has 0 fully saturated rings. The Hall–Kier alpha value is 0. The Balaban J connectivity index is 0. The lowest BCUT2D eigenvalue weighted by Crippen LogP contribution is -2.30. The van der Waals surface area contributed by atoms with Gasteiger partial charge in [-0.3, -0.25) is 0 Å². The van der Waals surface area contributed by atoms with Gasteiger partial charge in [0.05, 0.1) is 0 Å². The highest BCUT2D eigenvalue weighted by atomic mass is 127. The first-order chi connectivity index (χ1) is 3.95. The van der Waals surface area contributed by atoms with Gasteiger partial charge in [0.1, 0.15) is 5.60 Å². The molecule has 0 bridgehead atoms. The van der Waals surface area contributed by atoms with Gasteiger partial charge >= 0.3 is 6.09 Å². The lowest BCUT2D eigenvalue weighted by atomic mass is 10.2. The summed E-state index contributed by atoms with van der Waals surface area (Å²) in [5, 5.41) is 2.36. The molecule has 0 aliphatic rings. The number of carbonyl (C=O) groups is 1. The zero-order chi connectivity index (χ0) is 7.49. The standard InChI is InChI=1S/C6H13NO2.HI/c1-6(2,3)9-5(8)7-4;/h1-4H3,(H,7,8);1H. The van der Waals surface area contributed by atoms with Crippen LogP contribution in [0.25, 0.3) is 0 Å². The number of ether oxygens (including phenoxy) is 1. The average Bonchev–Trinajstić information content (AvgIpc) is 1.62. The molecule has 0 rings (SSSR count). The van der Waals surface area contributed by atoms with E-state index >= 15 is 0 Å². The molecule has 62 valence electrons. The number of carbonyl (C=O) groups excluding carboxylic acids is 1. The van der Waals surface area contributed by atoms with E-state index in [1.165, 1.54) is 7.05 Å². The van der Waals surface area contributed by atoms with Crippen molar-refractivity contribution < 1.29 is 9.53 Å². The molecule has 3 nitrogen and oxygen atoms in total. The minimum Gasteiger partial charge on any atom is -0.444 e. The molecule has 0 aromatic heterocycles. The predicted molar refractivity (Wildman–Crippen MR) is 50.7 cm³/mol. The van der Waals surface area contributed by atoms with Crippen molar-refractivity contribution in [3.63, 3.8) is 0 Å². The van der Waals surface area contributed by atoms with Gasteiger partial charge in [-0.1, -0.05) is 0 Å². The van der Waals surface area contributed by atoms with Crippen LogP contribution >= 0.6 is 24.0 Å². The van der Waals surface area contributed by atoms with Crippen molar-refractivity contribution in [1.29, 1.82) is 0 Å². The van der Waals surface area contributed by atoms with Crippen molar-refractivity contribution >= 4 is 30.1 Å². The zero-order valence-corrected chi connectivity index (χ0v) is 9.06. The molecule has 10 heavy (non-hydrogen) atoms. The van der Waals surface area contributed by atoms with Gasteiger partial charge in [-0.25, -0.2) is 4.79 Å². The maximum absolute atomic E-state index is 10.5. The summed E-state index contributed by atoms with van der Waals surface area (Å²) >= 11 is 0. The Morgan fingerprint density at radius 3 is 1.90 bits per heavy atom. The van der Waals surface area contributed by atoms with Gasteiger partial charge in [0, 0.05) is 7.05 Å². The number of halogens is 1. The summed E-state index contributed by atoms with van der Waals surface area (Å²) in [5.41, 5.74) is -0.389. The van der Waals surface area contributed by atoms with Crippen LogP contribution in [0.5, 0.6) is 0 Å². The number of hydrogen-bond acceptors (Lipinski definition) is 2. The maximum Gasteiger partial charge on any atom is 0.407 e. The Bertz CT molecular complexity index is 109. The van der Waals surface area contributed by atoms with Crippen molar-refractivity contribution in [2.75, 3.05) is 7.05 Å². The summed E-state index contributed by atoms with van der Waals surface area (Å²) in [5.74, 6) is 0. The minimum atomic E-state index is -0.389. The monoisotopic (exact) mass is 259 g/mol. The molecule has 0 aliphatic carbocycles. The van der Waals surface area contributed by atoms with Gasteiger partial charge in [0.25, 0.3) is 0 Å². The van der Waals surface area contributed by atoms with E-state index in [1.807, 2.05) is 20.8 Å². The maximum atomic E-state index is 10.5. The van der Waals surface area contributed by atoms with Crippen molar-refractivity contribution in [1.82, 2.24) is 5.32 Å². The molecule has 0 saturated carbocycles. The van der Waals surface area contributed by atoms with E-state index in [0.717, 1.165) is 0 Å². The second-order valence-corrected chi connectivity index (χ2v) is 2.75. The van der Waals surface area contributed by atoms with Gasteiger partial charge in [0.15, 0.2) is 0 Å². The van der Waals surface area contributed by atoms with Crippen molar-refractivity contribution in [2.45, 2.75) is 26.4 Å². The first-order valence-corrected chi connectivity index (χ1v) is 2.86. The fraction of sp³-hybridized carbons (Fsp3) is 0.833. The highest BCUT2D eigenvalue weighted by Crippen LogP contribution is 2.05. The number of alkyl carbamates (subject to hydrolysis) is 1. The van der Waals surface area contributed by atoms with Gasteiger partial charge < -0.3 is 10.1 Å². The summed E-state index contributed by atoms with van der Waals surface area (Å²) in [6, 6.07) is 0. The molecule has 1 amide bonds. The molecular weight excluding hydrogens is 245 g/mol. The van der Waals surface area contributed by atoms with E-state index in [-0.39, 0.29) is 35.7 Å². The average molecular weight is 259 g/mol. The molecule has 0 aromatic carbocycles. The van der Waals surface area contributed by atoms with Gasteiger partial charge in [-0.15, -0.1) is 24.0 Å². The number of amides is 1. The van der Waals surface area contributed by atoms with Crippen LogP contribution in [0.3, 0.4) is 0 Å². The topological polar surface area (TPSA) is 38.3 Å². The first kappa shape index (κ1) is 12.7. The van der Waals surface area contributed by atoms with E-state index in [0.29, 0.717) is 0 Å². The van der Waals surface area contributed by atoms with Crippen LogP contribution in [0.2, 0.25) is 0 Å². The summed E-state index contributed by atoms with van der Waals surface area (Å²) in [6.07, 6.45) is -0.387. The molecule has 0 aliphatic heterocycles. The summed E-state index contributed by atoms with van der Waals surface area (Å²) in [7, 11) is 1.54. The largest absolute Gasteiger partial charge is 0.444 e. The third kappa shape index (κ3) is 8.00. The fourth-order valence-corrected chi connectivity index (χ4v) is 0.329. The Morgan fingerprint density at radius 1 is 1.40 bits per heavy atom. The van der Waals surface area contributed by atoms with Crippen LogP contribution in [0.4, 0.5) is 4.79 Å². The highest BCUT2D eigenvalue weighted by molar-refractivity contribution is 14.0. The molecule has 0 atom stereocenters. The molecule has 0 heterocycles. The van der Waals surface area contributed by atoms with Gasteiger partial charge in [-0.2, -0.15) is 0 Å². The molecule has 0 aromatic rings. The number of hydrogen-bond donors (Lipinski definition) is 1. The van der Waals surface area contributed by atoms with Crippen LogP contribution in [-0.4, -0.2) is 18.7 Å². The quantitative estimate of drug-likeness (QED) is 0.673. The molecule has 4 heteroatoms. The van der Waals surface area contributed by atoms with E-state index < -0.39 is 0 Å². The van der Waals surface area contributed by atoms with Crippen LogP contribution < -0.4 is 5.32 Å². The normalized spacial score (nSPS) is 9.60. The van der Waals surface area contributed by atoms with Crippen molar-refractivity contribution in [3.05, 3.63) is 0 Å². The van der Waals surface area contributed by atoms with E-state index in [9.17, 15) is 4.79 Å². The molecule has 0 saturated heterocycles. The third-order valence-corrected chi connectivity index (χ3v) is 0.603. The van der Waals surface area contributed by atoms with Crippen LogP contribution in [0, 0.1) is 0 Å². The molecule has 0 spiro atoms. The highest BCUT2D eigenvalue weighted by Gasteiger charge is 2.13. The molecule has 0 unspecified atom stereocenters. The smallest absolute Gasteiger partial charge is 0.407 e. The summed E-state index contributed by atoms with van der Waals surface area (Å²) in [4.78, 5) is 10.5. The number of nitrogens with one attached hydrogen (secondary N) is 1. The van der Waals surface area contributed by atoms with Crippen LogP contribution in [0.15, 0.2) is 0 Å². The van der Waals surface area contributed by atoms with Crippen LogP contribution in [-0.2, 0) is 4.74 Å². The lowest BCUT2D eigenvalue weighted by Gasteiger charge is -2.18. The Kier molecular flexibility index (Phi) is 6.02. The lowest BCUT2D eigenvalue weighted by molar-refractivity contribution is 0.0541. The van der Waals surface area contributed by atoms with Crippen molar-refractivity contribution in [2.24, 2.45) is 0 Å². The molecule has 0 radical (unpaired) electrons. The molecule has 1 N–H and O–H groups in total. The second kappa shape index (κ2) is 4.76. The zero-order valence-electron chi connectivity index (χ0n) is 6.72.